The van der Waals surface area contributed by atoms with Crippen LogP contribution in [0.2, 0.25) is 0 Å². The molecule has 4 heterocycles. The number of nitrogens with one attached hydrogen (secondary N) is 1. The molecule has 9 nitrogen and oxygen atoms in total. The minimum atomic E-state index is -3.12. The molecule has 0 radical (unpaired) electrons. The Morgan fingerprint density at radius 3 is 2.52 bits per heavy atom. The van der Waals surface area contributed by atoms with E-state index in [1.54, 1.807) is 11.2 Å². The van der Waals surface area contributed by atoms with Gasteiger partial charge >= 0.3 is 0 Å². The molecule has 0 unspecified atom stereocenters. The summed E-state index contributed by atoms with van der Waals surface area (Å²) in [5.41, 5.74) is 4.22. The maximum Gasteiger partial charge on any atom is 0.213 e. The number of ether oxygens (including phenoxy) is 1. The fraction of sp³-hybridized carbons (Fsp3) is 0.714. The summed E-state index contributed by atoms with van der Waals surface area (Å²) in [5.74, 6) is 0.160. The predicted octanol–water partition coefficient (Wildman–Crippen LogP) is 1.82. The van der Waals surface area contributed by atoms with Gasteiger partial charge in [0.15, 0.2) is 5.65 Å². The van der Waals surface area contributed by atoms with Gasteiger partial charge in [-0.3, -0.25) is 4.90 Å². The SMILES string of the molecule is CCn1ncc2c(NC3CCOCC3)c(CN3CCN(S(=O)(=O)CC)CC3)c(C)nc21. The summed E-state index contributed by atoms with van der Waals surface area (Å²) in [7, 11) is -3.12. The number of anilines is 1. The molecule has 172 valence electrons. The van der Waals surface area contributed by atoms with Crippen molar-refractivity contribution in [3.05, 3.63) is 17.5 Å². The van der Waals surface area contributed by atoms with Crippen molar-refractivity contribution in [3.63, 3.8) is 0 Å². The van der Waals surface area contributed by atoms with Crippen LogP contribution in [-0.4, -0.2) is 83.6 Å². The molecule has 0 aromatic carbocycles. The molecule has 0 aliphatic carbocycles. The van der Waals surface area contributed by atoms with Crippen LogP contribution in [-0.2, 0) is 27.8 Å². The molecule has 0 bridgehead atoms. The summed E-state index contributed by atoms with van der Waals surface area (Å²) in [6.45, 7) is 11.5. The summed E-state index contributed by atoms with van der Waals surface area (Å²) in [6, 6.07) is 0.369. The first-order chi connectivity index (χ1) is 14.9. The Labute approximate surface area is 184 Å². The molecule has 2 aromatic heterocycles. The molecule has 0 saturated carbocycles. The fourth-order valence-electron chi connectivity index (χ4n) is 4.45. The number of nitrogens with zero attached hydrogens (tertiary/aromatic N) is 5. The van der Waals surface area contributed by atoms with Crippen LogP contribution < -0.4 is 5.32 Å². The minimum Gasteiger partial charge on any atom is -0.381 e. The normalized spacial score (nSPS) is 19.8. The summed E-state index contributed by atoms with van der Waals surface area (Å²) in [5, 5.41) is 9.40. The molecule has 2 aliphatic heterocycles. The average Bonchev–Trinajstić information content (AvgIpc) is 3.19. The van der Waals surface area contributed by atoms with Crippen LogP contribution in [0.25, 0.3) is 11.0 Å². The highest BCUT2D eigenvalue weighted by Gasteiger charge is 2.27. The van der Waals surface area contributed by atoms with Crippen molar-refractivity contribution < 1.29 is 13.2 Å². The van der Waals surface area contributed by atoms with Crippen molar-refractivity contribution >= 4 is 26.7 Å². The second-order valence-corrected chi connectivity index (χ2v) is 10.6. The zero-order valence-electron chi connectivity index (χ0n) is 18.8. The van der Waals surface area contributed by atoms with Gasteiger partial charge in [0, 0.05) is 69.8 Å². The van der Waals surface area contributed by atoms with Gasteiger partial charge in [-0.2, -0.15) is 9.40 Å². The quantitative estimate of drug-likeness (QED) is 0.688. The van der Waals surface area contributed by atoms with Crippen LogP contribution in [0.1, 0.15) is 37.9 Å². The Bertz CT molecular complexity index is 1010. The van der Waals surface area contributed by atoms with Crippen molar-refractivity contribution in [1.82, 2.24) is 24.0 Å². The van der Waals surface area contributed by atoms with Crippen molar-refractivity contribution in [2.75, 3.05) is 50.5 Å². The molecule has 2 aromatic rings. The molecule has 4 rings (SSSR count). The highest BCUT2D eigenvalue weighted by Crippen LogP contribution is 2.31. The van der Waals surface area contributed by atoms with E-state index < -0.39 is 10.0 Å². The number of aromatic nitrogens is 3. The fourth-order valence-corrected chi connectivity index (χ4v) is 5.54. The smallest absolute Gasteiger partial charge is 0.213 e. The lowest BCUT2D eigenvalue weighted by molar-refractivity contribution is 0.0904. The molecule has 2 fully saturated rings. The number of pyridine rings is 1. The molecular formula is C21H34N6O3S. The van der Waals surface area contributed by atoms with E-state index in [9.17, 15) is 8.42 Å². The van der Waals surface area contributed by atoms with Crippen LogP contribution in [0.4, 0.5) is 5.69 Å². The zero-order valence-corrected chi connectivity index (χ0v) is 19.6. The first kappa shape index (κ1) is 22.4. The summed E-state index contributed by atoms with van der Waals surface area (Å²) in [6.07, 6.45) is 3.89. The van der Waals surface area contributed by atoms with Crippen molar-refractivity contribution in [2.45, 2.75) is 52.7 Å². The lowest BCUT2D eigenvalue weighted by Crippen LogP contribution is -2.48. The number of hydrogen-bond donors (Lipinski definition) is 1. The second-order valence-electron chi connectivity index (χ2n) is 8.36. The Kier molecular flexibility index (Phi) is 6.80. The Hall–Kier alpha value is -1.75. The van der Waals surface area contributed by atoms with Gasteiger partial charge in [0.1, 0.15) is 0 Å². The first-order valence-electron chi connectivity index (χ1n) is 11.3. The molecule has 31 heavy (non-hydrogen) atoms. The summed E-state index contributed by atoms with van der Waals surface area (Å²) >= 11 is 0. The topological polar surface area (TPSA) is 92.6 Å². The van der Waals surface area contributed by atoms with Crippen molar-refractivity contribution in [1.29, 1.82) is 0 Å². The molecular weight excluding hydrogens is 416 g/mol. The second kappa shape index (κ2) is 9.40. The third kappa shape index (κ3) is 4.72. The Balaban J connectivity index is 1.60. The standard InChI is InChI=1S/C21H34N6O3S/c1-4-27-21-18(14-22-27)20(24-17-6-12-30-13-7-17)19(16(3)23-21)15-25-8-10-26(11-9-25)31(28,29)5-2/h14,17H,4-13,15H2,1-3H3,(H,23,24). The maximum atomic E-state index is 12.2. The van der Waals surface area contributed by atoms with Gasteiger partial charge in [0.05, 0.1) is 23.0 Å². The van der Waals surface area contributed by atoms with Gasteiger partial charge in [-0.25, -0.2) is 18.1 Å². The predicted molar refractivity (Wildman–Crippen MR) is 122 cm³/mol. The van der Waals surface area contributed by atoms with E-state index in [1.165, 1.54) is 5.56 Å². The highest BCUT2D eigenvalue weighted by molar-refractivity contribution is 7.89. The maximum absolute atomic E-state index is 12.2. The van der Waals surface area contributed by atoms with Crippen LogP contribution in [0, 0.1) is 6.92 Å². The van der Waals surface area contributed by atoms with E-state index >= 15 is 0 Å². The number of aryl methyl sites for hydroxylation is 2. The van der Waals surface area contributed by atoms with Gasteiger partial charge in [-0.05, 0) is 33.6 Å². The largest absolute Gasteiger partial charge is 0.381 e. The zero-order chi connectivity index (χ0) is 22.0. The number of rotatable bonds is 7. The molecule has 0 atom stereocenters. The monoisotopic (exact) mass is 450 g/mol. The van der Waals surface area contributed by atoms with Crippen LogP contribution in [0.15, 0.2) is 6.20 Å². The van der Waals surface area contributed by atoms with Gasteiger partial charge < -0.3 is 10.1 Å². The first-order valence-corrected chi connectivity index (χ1v) is 12.9. The molecule has 10 heteroatoms. The molecule has 2 aliphatic rings. The van der Waals surface area contributed by atoms with Crippen LogP contribution in [0.3, 0.4) is 0 Å². The third-order valence-corrected chi connectivity index (χ3v) is 8.32. The molecule has 0 spiro atoms. The van der Waals surface area contributed by atoms with E-state index in [0.29, 0.717) is 19.1 Å². The molecule has 2 saturated heterocycles. The lowest BCUT2D eigenvalue weighted by atomic mass is 10.0. The highest BCUT2D eigenvalue weighted by atomic mass is 32.2. The van der Waals surface area contributed by atoms with E-state index in [-0.39, 0.29) is 5.75 Å². The van der Waals surface area contributed by atoms with E-state index in [2.05, 4.69) is 29.2 Å². The van der Waals surface area contributed by atoms with Crippen molar-refractivity contribution in [3.8, 4) is 0 Å². The average molecular weight is 451 g/mol. The van der Waals surface area contributed by atoms with Crippen molar-refractivity contribution in [2.24, 2.45) is 0 Å². The summed E-state index contributed by atoms with van der Waals surface area (Å²) in [4.78, 5) is 7.23. The Morgan fingerprint density at radius 2 is 1.87 bits per heavy atom. The third-order valence-electron chi connectivity index (χ3n) is 6.43. The lowest BCUT2D eigenvalue weighted by Gasteiger charge is -2.34. The van der Waals surface area contributed by atoms with Crippen LogP contribution >= 0.6 is 0 Å². The number of fused-ring (bicyclic) bond motifs is 1. The minimum absolute atomic E-state index is 0.160. The van der Waals surface area contributed by atoms with Gasteiger partial charge in [-0.15, -0.1) is 0 Å². The molecule has 1 N–H and O–H groups in total. The van der Waals surface area contributed by atoms with Gasteiger partial charge in [-0.1, -0.05) is 0 Å². The number of sulfonamides is 1. The van der Waals surface area contributed by atoms with Gasteiger partial charge in [0.25, 0.3) is 0 Å². The van der Waals surface area contributed by atoms with Crippen LogP contribution in [0.5, 0.6) is 0 Å². The number of hydrogen-bond acceptors (Lipinski definition) is 7. The Morgan fingerprint density at radius 1 is 1.16 bits per heavy atom. The van der Waals surface area contributed by atoms with E-state index in [4.69, 9.17) is 9.72 Å². The molecule has 0 amide bonds. The summed E-state index contributed by atoms with van der Waals surface area (Å²) < 4.78 is 33.5. The number of piperazine rings is 1. The van der Waals surface area contributed by atoms with E-state index in [0.717, 1.165) is 74.6 Å². The van der Waals surface area contributed by atoms with Gasteiger partial charge in [0.2, 0.25) is 10.0 Å². The van der Waals surface area contributed by atoms with E-state index in [1.807, 2.05) is 10.9 Å².